The molecule has 14 heavy (non-hydrogen) atoms. The number of aliphatic hydroxyl groups excluding tert-OH is 2. The molecule has 0 saturated heterocycles. The normalized spacial score (nSPS) is 15.4. The summed E-state index contributed by atoms with van der Waals surface area (Å²) < 4.78 is 0. The van der Waals surface area contributed by atoms with Gasteiger partial charge in [0, 0.05) is 25.2 Å². The molecule has 0 aromatic rings. The van der Waals surface area contributed by atoms with Gasteiger partial charge in [0.1, 0.15) is 0 Å². The molecule has 0 fully saturated rings. The van der Waals surface area contributed by atoms with Gasteiger partial charge in [-0.3, -0.25) is 0 Å². The molecule has 0 radical (unpaired) electrons. The second kappa shape index (κ2) is 9.40. The second-order valence-corrected chi connectivity index (χ2v) is 3.48. The first-order valence-electron chi connectivity index (χ1n) is 5.46. The van der Waals surface area contributed by atoms with Gasteiger partial charge < -0.3 is 20.8 Å². The van der Waals surface area contributed by atoms with Gasteiger partial charge in [-0.1, -0.05) is 13.8 Å². The van der Waals surface area contributed by atoms with Crippen molar-refractivity contribution in [2.75, 3.05) is 26.3 Å². The standard InChI is InChI=1S/C10H24N2O2/c1-3-9(7-13)11-5-6-12-10(4-2)8-14/h9-14H,3-8H2,1-2H3/t9-,10?/m1/s1. The summed E-state index contributed by atoms with van der Waals surface area (Å²) >= 11 is 0. The summed E-state index contributed by atoms with van der Waals surface area (Å²) in [6.45, 7) is 6.13. The maximum Gasteiger partial charge on any atom is 0.0584 e. The minimum absolute atomic E-state index is 0.188. The van der Waals surface area contributed by atoms with E-state index >= 15 is 0 Å². The van der Waals surface area contributed by atoms with Crippen LogP contribution < -0.4 is 10.6 Å². The average Bonchev–Trinajstić information content (AvgIpc) is 2.24. The van der Waals surface area contributed by atoms with Crippen LogP contribution in [0.5, 0.6) is 0 Å². The molecule has 0 aliphatic heterocycles. The Morgan fingerprint density at radius 3 is 1.43 bits per heavy atom. The van der Waals surface area contributed by atoms with Crippen LogP contribution in [0.3, 0.4) is 0 Å². The largest absolute Gasteiger partial charge is 0.395 e. The van der Waals surface area contributed by atoms with Gasteiger partial charge in [0.15, 0.2) is 0 Å². The summed E-state index contributed by atoms with van der Waals surface area (Å²) in [4.78, 5) is 0. The smallest absolute Gasteiger partial charge is 0.0584 e. The molecule has 0 aliphatic rings. The molecule has 0 aromatic heterocycles. The van der Waals surface area contributed by atoms with Crippen LogP contribution in [0.2, 0.25) is 0 Å². The predicted octanol–water partition coefficient (Wildman–Crippen LogP) is -0.293. The van der Waals surface area contributed by atoms with Gasteiger partial charge in [0.05, 0.1) is 13.2 Å². The van der Waals surface area contributed by atoms with Crippen molar-refractivity contribution < 1.29 is 10.2 Å². The number of hydrogen-bond donors (Lipinski definition) is 4. The lowest BCUT2D eigenvalue weighted by molar-refractivity contribution is 0.229. The van der Waals surface area contributed by atoms with Crippen molar-refractivity contribution in [1.29, 1.82) is 0 Å². The molecular formula is C10H24N2O2. The van der Waals surface area contributed by atoms with Crippen LogP contribution in [0.25, 0.3) is 0 Å². The third-order valence-corrected chi connectivity index (χ3v) is 2.42. The maximum atomic E-state index is 8.90. The first-order chi connectivity index (χ1) is 6.78. The molecule has 0 bridgehead atoms. The second-order valence-electron chi connectivity index (χ2n) is 3.48. The van der Waals surface area contributed by atoms with Crippen molar-refractivity contribution >= 4 is 0 Å². The van der Waals surface area contributed by atoms with Crippen LogP contribution in [0.15, 0.2) is 0 Å². The van der Waals surface area contributed by atoms with Gasteiger partial charge in [-0.15, -0.1) is 0 Å². The van der Waals surface area contributed by atoms with Gasteiger partial charge in [0.25, 0.3) is 0 Å². The molecule has 4 N–H and O–H groups in total. The van der Waals surface area contributed by atoms with E-state index in [2.05, 4.69) is 10.6 Å². The summed E-state index contributed by atoms with van der Waals surface area (Å²) in [7, 11) is 0. The lowest BCUT2D eigenvalue weighted by atomic mass is 10.2. The van der Waals surface area contributed by atoms with Gasteiger partial charge in [-0.25, -0.2) is 0 Å². The summed E-state index contributed by atoms with van der Waals surface area (Å²) in [5, 5.41) is 24.3. The van der Waals surface area contributed by atoms with Crippen LogP contribution in [0, 0.1) is 0 Å². The lowest BCUT2D eigenvalue weighted by Gasteiger charge is -2.17. The topological polar surface area (TPSA) is 64.5 Å². The molecule has 0 saturated carbocycles. The Kier molecular flexibility index (Phi) is 9.29. The van der Waals surface area contributed by atoms with Crippen molar-refractivity contribution in [2.24, 2.45) is 0 Å². The molecule has 0 aliphatic carbocycles. The first-order valence-corrected chi connectivity index (χ1v) is 5.46. The molecule has 0 amide bonds. The highest BCUT2D eigenvalue weighted by Gasteiger charge is 2.04. The molecule has 4 nitrogen and oxygen atoms in total. The van der Waals surface area contributed by atoms with Crippen molar-refractivity contribution in [3.05, 3.63) is 0 Å². The fraction of sp³-hybridized carbons (Fsp3) is 1.00. The Morgan fingerprint density at radius 2 is 1.21 bits per heavy atom. The van der Waals surface area contributed by atoms with E-state index < -0.39 is 0 Å². The molecular weight excluding hydrogens is 180 g/mol. The fourth-order valence-electron chi connectivity index (χ4n) is 1.23. The van der Waals surface area contributed by atoms with E-state index in [-0.39, 0.29) is 25.3 Å². The van der Waals surface area contributed by atoms with Gasteiger partial charge in [-0.05, 0) is 12.8 Å². The van der Waals surface area contributed by atoms with E-state index in [9.17, 15) is 0 Å². The van der Waals surface area contributed by atoms with Crippen LogP contribution in [-0.2, 0) is 0 Å². The van der Waals surface area contributed by atoms with E-state index in [1.54, 1.807) is 0 Å². The van der Waals surface area contributed by atoms with E-state index in [0.29, 0.717) is 0 Å². The van der Waals surface area contributed by atoms with E-state index in [1.807, 2.05) is 13.8 Å². The summed E-state index contributed by atoms with van der Waals surface area (Å²) in [5.41, 5.74) is 0. The maximum absolute atomic E-state index is 8.90. The van der Waals surface area contributed by atoms with E-state index in [1.165, 1.54) is 0 Å². The number of rotatable bonds is 9. The molecule has 0 heterocycles. The van der Waals surface area contributed by atoms with Gasteiger partial charge in [-0.2, -0.15) is 0 Å². The molecule has 0 spiro atoms. The lowest BCUT2D eigenvalue weighted by Crippen LogP contribution is -2.40. The number of aliphatic hydroxyl groups is 2. The third kappa shape index (κ3) is 6.32. The van der Waals surface area contributed by atoms with Crippen molar-refractivity contribution in [1.82, 2.24) is 10.6 Å². The molecule has 4 heteroatoms. The predicted molar refractivity (Wildman–Crippen MR) is 58.3 cm³/mol. The van der Waals surface area contributed by atoms with Gasteiger partial charge in [0.2, 0.25) is 0 Å². The minimum Gasteiger partial charge on any atom is -0.395 e. The summed E-state index contributed by atoms with van der Waals surface area (Å²) in [6, 6.07) is 0.400. The van der Waals surface area contributed by atoms with Crippen molar-refractivity contribution in [3.63, 3.8) is 0 Å². The summed E-state index contributed by atoms with van der Waals surface area (Å²) in [5.74, 6) is 0. The Hall–Kier alpha value is -0.160. The van der Waals surface area contributed by atoms with Crippen molar-refractivity contribution in [2.45, 2.75) is 38.8 Å². The monoisotopic (exact) mass is 204 g/mol. The zero-order valence-electron chi connectivity index (χ0n) is 9.29. The molecule has 2 atom stereocenters. The Balaban J connectivity index is 3.35. The zero-order valence-corrected chi connectivity index (χ0v) is 9.29. The first kappa shape index (κ1) is 13.8. The van der Waals surface area contributed by atoms with E-state index in [4.69, 9.17) is 10.2 Å². The SMILES string of the molecule is CCC(CO)NCCN[C@H](CC)CO. The fourth-order valence-corrected chi connectivity index (χ4v) is 1.23. The van der Waals surface area contributed by atoms with Crippen LogP contribution >= 0.6 is 0 Å². The molecule has 86 valence electrons. The Morgan fingerprint density at radius 1 is 0.857 bits per heavy atom. The highest BCUT2D eigenvalue weighted by Crippen LogP contribution is 1.89. The molecule has 1 unspecified atom stereocenters. The molecule has 0 rings (SSSR count). The number of nitrogens with one attached hydrogen (secondary N) is 2. The zero-order chi connectivity index (χ0) is 10.8. The quantitative estimate of drug-likeness (QED) is 0.390. The highest BCUT2D eigenvalue weighted by atomic mass is 16.3. The third-order valence-electron chi connectivity index (χ3n) is 2.42. The highest BCUT2D eigenvalue weighted by molar-refractivity contribution is 4.67. The summed E-state index contributed by atoms with van der Waals surface area (Å²) in [6.07, 6.45) is 1.88. The Labute approximate surface area is 86.7 Å². The molecule has 0 aromatic carbocycles. The van der Waals surface area contributed by atoms with Crippen LogP contribution in [-0.4, -0.2) is 48.6 Å². The number of hydrogen-bond acceptors (Lipinski definition) is 4. The van der Waals surface area contributed by atoms with Gasteiger partial charge >= 0.3 is 0 Å². The minimum atomic E-state index is 0.188. The van der Waals surface area contributed by atoms with E-state index in [0.717, 1.165) is 25.9 Å². The Bertz CT molecular complexity index is 101. The van der Waals surface area contributed by atoms with Crippen LogP contribution in [0.1, 0.15) is 26.7 Å². The average molecular weight is 204 g/mol. The van der Waals surface area contributed by atoms with Crippen LogP contribution in [0.4, 0.5) is 0 Å². The van der Waals surface area contributed by atoms with Crippen molar-refractivity contribution in [3.8, 4) is 0 Å².